The molecule has 1 amide bonds. The Morgan fingerprint density at radius 1 is 0.683 bits per heavy atom. The molecule has 0 saturated carbocycles. The summed E-state index contributed by atoms with van der Waals surface area (Å²) in [6.07, 6.45) is 17.6. The summed E-state index contributed by atoms with van der Waals surface area (Å²) >= 11 is 0. The Bertz CT molecular complexity index is 736. The summed E-state index contributed by atoms with van der Waals surface area (Å²) in [7, 11) is -4.72. The topological polar surface area (TPSA) is 169 Å². The summed E-state index contributed by atoms with van der Waals surface area (Å²) in [5, 5.41) is 21.5. The molecule has 0 radical (unpaired) electrons. The van der Waals surface area contributed by atoms with Crippen LogP contribution in [-0.4, -0.2) is 64.9 Å². The van der Waals surface area contributed by atoms with Gasteiger partial charge in [0, 0.05) is 12.8 Å². The average molecular weight is 610 g/mol. The number of ether oxygens (including phenoxy) is 1. The minimum absolute atomic E-state index is 0.146. The Morgan fingerprint density at radius 3 is 1.61 bits per heavy atom. The van der Waals surface area contributed by atoms with E-state index >= 15 is 0 Å². The van der Waals surface area contributed by atoms with Gasteiger partial charge in [0.15, 0.2) is 6.04 Å². The van der Waals surface area contributed by atoms with E-state index in [1.54, 1.807) is 0 Å². The minimum atomic E-state index is -4.72. The lowest BCUT2D eigenvalue weighted by Gasteiger charge is -2.18. The first-order valence-corrected chi connectivity index (χ1v) is 17.1. The van der Waals surface area contributed by atoms with Crippen LogP contribution in [0.15, 0.2) is 0 Å². The van der Waals surface area contributed by atoms with Crippen molar-refractivity contribution in [2.45, 2.75) is 148 Å². The standard InChI is InChI=1S/C29H56NO10P/c1-3-5-7-9-11-12-13-14-15-17-19-21-28(33)38-22-25(31)23-39-41(36,37)40-24-26(29(34)35)30-27(32)20-18-16-10-8-6-4-2/h25-26,31H,3-24H2,1-2H3,(H,30,32)(H,34,35)(H,36,37). The summed E-state index contributed by atoms with van der Waals surface area (Å²) in [4.78, 5) is 45.1. The van der Waals surface area contributed by atoms with Crippen molar-refractivity contribution in [3.8, 4) is 0 Å². The van der Waals surface area contributed by atoms with E-state index in [9.17, 15) is 34.1 Å². The number of unbranched alkanes of at least 4 members (excludes halogenated alkanes) is 15. The molecule has 0 aromatic heterocycles. The maximum absolute atomic E-state index is 12.1. The number of aliphatic hydroxyl groups is 1. The molecule has 0 rings (SSSR count). The van der Waals surface area contributed by atoms with Crippen LogP contribution >= 0.6 is 7.82 Å². The molecule has 41 heavy (non-hydrogen) atoms. The first-order chi connectivity index (χ1) is 19.6. The lowest BCUT2D eigenvalue weighted by atomic mass is 10.1. The predicted molar refractivity (Wildman–Crippen MR) is 157 cm³/mol. The first-order valence-electron chi connectivity index (χ1n) is 15.6. The van der Waals surface area contributed by atoms with Crippen molar-refractivity contribution in [3.05, 3.63) is 0 Å². The number of carbonyl (C=O) groups excluding carboxylic acids is 2. The molecule has 3 atom stereocenters. The number of amides is 1. The van der Waals surface area contributed by atoms with E-state index in [1.807, 2.05) is 0 Å². The van der Waals surface area contributed by atoms with Crippen LogP contribution in [0.25, 0.3) is 0 Å². The quantitative estimate of drug-likeness (QED) is 0.0445. The highest BCUT2D eigenvalue weighted by Crippen LogP contribution is 2.43. The van der Waals surface area contributed by atoms with Crippen molar-refractivity contribution in [3.63, 3.8) is 0 Å². The maximum Gasteiger partial charge on any atom is 0.472 e. The van der Waals surface area contributed by atoms with Crippen molar-refractivity contribution >= 4 is 25.7 Å². The molecule has 0 aromatic carbocycles. The molecule has 0 heterocycles. The van der Waals surface area contributed by atoms with E-state index in [4.69, 9.17) is 9.26 Å². The normalized spacial score (nSPS) is 14.2. The summed E-state index contributed by atoms with van der Waals surface area (Å²) in [5.41, 5.74) is 0. The van der Waals surface area contributed by atoms with Crippen molar-refractivity contribution in [2.24, 2.45) is 0 Å². The van der Waals surface area contributed by atoms with Gasteiger partial charge in [-0.1, -0.05) is 110 Å². The fourth-order valence-electron chi connectivity index (χ4n) is 4.14. The Kier molecular flexibility index (Phi) is 25.2. The van der Waals surface area contributed by atoms with Gasteiger partial charge in [-0.25, -0.2) is 9.36 Å². The molecule has 0 aliphatic heterocycles. The Hall–Kier alpha value is -1.52. The summed E-state index contributed by atoms with van der Waals surface area (Å²) in [6, 6.07) is -1.53. The molecule has 11 nitrogen and oxygen atoms in total. The van der Waals surface area contributed by atoms with Gasteiger partial charge in [-0.05, 0) is 12.8 Å². The number of phosphoric ester groups is 1. The highest BCUT2D eigenvalue weighted by molar-refractivity contribution is 7.47. The van der Waals surface area contributed by atoms with Gasteiger partial charge in [0.25, 0.3) is 0 Å². The van der Waals surface area contributed by atoms with Crippen molar-refractivity contribution < 1.29 is 47.8 Å². The molecule has 0 bridgehead atoms. The number of phosphoric acid groups is 1. The van der Waals surface area contributed by atoms with Crippen molar-refractivity contribution in [2.75, 3.05) is 19.8 Å². The molecular weight excluding hydrogens is 553 g/mol. The molecule has 0 fully saturated rings. The molecule has 0 saturated heterocycles. The molecule has 242 valence electrons. The molecular formula is C29H56NO10P. The number of nitrogens with one attached hydrogen (secondary N) is 1. The third-order valence-corrected chi connectivity index (χ3v) is 7.60. The molecule has 0 spiro atoms. The number of esters is 1. The van der Waals surface area contributed by atoms with Crippen LogP contribution in [0, 0.1) is 0 Å². The monoisotopic (exact) mass is 609 g/mol. The van der Waals surface area contributed by atoms with Gasteiger partial charge in [-0.3, -0.25) is 18.6 Å². The molecule has 0 aliphatic rings. The molecule has 0 aliphatic carbocycles. The van der Waals surface area contributed by atoms with E-state index in [0.29, 0.717) is 12.8 Å². The minimum Gasteiger partial charge on any atom is -0.480 e. The highest BCUT2D eigenvalue weighted by Gasteiger charge is 2.28. The van der Waals surface area contributed by atoms with Crippen LogP contribution in [0.4, 0.5) is 0 Å². The number of aliphatic carboxylic acids is 1. The van der Waals surface area contributed by atoms with E-state index in [2.05, 4.69) is 23.7 Å². The average Bonchev–Trinajstić information content (AvgIpc) is 2.93. The molecule has 4 N–H and O–H groups in total. The zero-order valence-corrected chi connectivity index (χ0v) is 26.3. The molecule has 12 heteroatoms. The lowest BCUT2D eigenvalue weighted by Crippen LogP contribution is -2.43. The van der Waals surface area contributed by atoms with Crippen LogP contribution in [0.3, 0.4) is 0 Å². The number of hydrogen-bond acceptors (Lipinski definition) is 8. The van der Waals surface area contributed by atoms with E-state index in [-0.39, 0.29) is 12.8 Å². The zero-order chi connectivity index (χ0) is 30.8. The van der Waals surface area contributed by atoms with Gasteiger partial charge in [-0.15, -0.1) is 0 Å². The molecule has 3 unspecified atom stereocenters. The van der Waals surface area contributed by atoms with Crippen LogP contribution in [0.5, 0.6) is 0 Å². The maximum atomic E-state index is 12.1. The largest absolute Gasteiger partial charge is 0.480 e. The summed E-state index contributed by atoms with van der Waals surface area (Å²) in [6.45, 7) is 2.45. The van der Waals surface area contributed by atoms with Crippen LogP contribution in [0.2, 0.25) is 0 Å². The van der Waals surface area contributed by atoms with Crippen molar-refractivity contribution in [1.29, 1.82) is 0 Å². The number of hydrogen-bond donors (Lipinski definition) is 4. The third kappa shape index (κ3) is 25.9. The second-order valence-electron chi connectivity index (χ2n) is 10.7. The molecule has 0 aromatic rings. The number of carboxylic acid groups (broad SMARTS) is 1. The van der Waals surface area contributed by atoms with E-state index in [1.165, 1.54) is 44.9 Å². The Morgan fingerprint density at radius 2 is 1.12 bits per heavy atom. The number of carbonyl (C=O) groups is 3. The number of rotatable bonds is 29. The lowest BCUT2D eigenvalue weighted by molar-refractivity contribution is -0.147. The van der Waals surface area contributed by atoms with Gasteiger partial charge in [0.1, 0.15) is 12.7 Å². The number of aliphatic hydroxyl groups excluding tert-OH is 1. The van der Waals surface area contributed by atoms with Gasteiger partial charge < -0.3 is 25.2 Å². The van der Waals surface area contributed by atoms with Crippen LogP contribution in [-0.2, 0) is 32.7 Å². The Balaban J connectivity index is 4.01. The fourth-order valence-corrected chi connectivity index (χ4v) is 4.91. The summed E-state index contributed by atoms with van der Waals surface area (Å²) < 4.78 is 26.4. The van der Waals surface area contributed by atoms with E-state index < -0.39 is 57.6 Å². The smallest absolute Gasteiger partial charge is 0.472 e. The van der Waals surface area contributed by atoms with Crippen molar-refractivity contribution in [1.82, 2.24) is 5.32 Å². The van der Waals surface area contributed by atoms with Crippen LogP contribution in [0.1, 0.15) is 136 Å². The van der Waals surface area contributed by atoms with Gasteiger partial charge in [0.05, 0.1) is 13.2 Å². The van der Waals surface area contributed by atoms with E-state index in [0.717, 1.165) is 51.4 Å². The second kappa shape index (κ2) is 26.1. The fraction of sp³-hybridized carbons (Fsp3) is 0.897. The number of carboxylic acids is 1. The second-order valence-corrected chi connectivity index (χ2v) is 12.1. The first kappa shape index (κ1) is 39.5. The van der Waals surface area contributed by atoms with Gasteiger partial charge >= 0.3 is 19.8 Å². The van der Waals surface area contributed by atoms with Gasteiger partial charge in [0.2, 0.25) is 5.91 Å². The Labute approximate surface area is 246 Å². The highest BCUT2D eigenvalue weighted by atomic mass is 31.2. The van der Waals surface area contributed by atoms with Gasteiger partial charge in [-0.2, -0.15) is 0 Å². The third-order valence-electron chi connectivity index (χ3n) is 6.65. The summed E-state index contributed by atoms with van der Waals surface area (Å²) in [5.74, 6) is -2.38. The predicted octanol–water partition coefficient (Wildman–Crippen LogP) is 6.05. The zero-order valence-electron chi connectivity index (χ0n) is 25.4. The SMILES string of the molecule is CCCCCCCCCCCCCC(=O)OCC(O)COP(=O)(O)OCC(NC(=O)CCCCCCCC)C(=O)O. The van der Waals surface area contributed by atoms with Crippen LogP contribution < -0.4 is 5.32 Å².